The first-order valence-corrected chi connectivity index (χ1v) is 6.82. The standard InChI is InChI=1S/C11H13N3O3S/c15-8-6-9-1-3-10(4-2-9)14-18(16,17)11-5-7-12-13-11/h1-5,7,14-15H,6,8H2,(H,12,13). The fourth-order valence-electron chi connectivity index (χ4n) is 1.47. The Morgan fingerprint density at radius 2 is 1.94 bits per heavy atom. The number of rotatable bonds is 5. The van der Waals surface area contributed by atoms with E-state index in [2.05, 4.69) is 14.9 Å². The minimum atomic E-state index is -3.61. The zero-order valence-electron chi connectivity index (χ0n) is 9.50. The van der Waals surface area contributed by atoms with Crippen LogP contribution in [0.2, 0.25) is 0 Å². The Labute approximate surface area is 105 Å². The summed E-state index contributed by atoms with van der Waals surface area (Å²) < 4.78 is 26.1. The Balaban J connectivity index is 2.14. The van der Waals surface area contributed by atoms with Crippen molar-refractivity contribution < 1.29 is 13.5 Å². The molecule has 0 spiro atoms. The van der Waals surface area contributed by atoms with E-state index >= 15 is 0 Å². The maximum absolute atomic E-state index is 11.9. The highest BCUT2D eigenvalue weighted by atomic mass is 32.2. The van der Waals surface area contributed by atoms with Gasteiger partial charge in [0, 0.05) is 12.3 Å². The molecule has 2 aromatic rings. The Hall–Kier alpha value is -1.86. The van der Waals surface area contributed by atoms with Gasteiger partial charge >= 0.3 is 0 Å². The summed E-state index contributed by atoms with van der Waals surface area (Å²) in [5.74, 6) is 0. The van der Waals surface area contributed by atoms with Gasteiger partial charge in [0.25, 0.3) is 10.0 Å². The highest BCUT2D eigenvalue weighted by molar-refractivity contribution is 7.92. The lowest BCUT2D eigenvalue weighted by atomic mass is 10.1. The van der Waals surface area contributed by atoms with Crippen molar-refractivity contribution in [1.82, 2.24) is 10.2 Å². The molecular formula is C11H13N3O3S. The minimum Gasteiger partial charge on any atom is -0.396 e. The smallest absolute Gasteiger partial charge is 0.278 e. The molecule has 2 rings (SSSR count). The van der Waals surface area contributed by atoms with E-state index in [1.54, 1.807) is 24.3 Å². The average molecular weight is 267 g/mol. The third-order valence-corrected chi connectivity index (χ3v) is 3.68. The van der Waals surface area contributed by atoms with E-state index in [4.69, 9.17) is 5.11 Å². The molecule has 1 aromatic carbocycles. The van der Waals surface area contributed by atoms with E-state index in [0.29, 0.717) is 12.1 Å². The predicted octanol–water partition coefficient (Wildman–Crippen LogP) is 0.745. The van der Waals surface area contributed by atoms with Gasteiger partial charge in [-0.2, -0.15) is 13.5 Å². The molecule has 1 heterocycles. The molecule has 0 radical (unpaired) electrons. The van der Waals surface area contributed by atoms with E-state index in [1.165, 1.54) is 12.3 Å². The molecule has 0 bridgehead atoms. The Kier molecular flexibility index (Phi) is 3.63. The van der Waals surface area contributed by atoms with Crippen LogP contribution >= 0.6 is 0 Å². The summed E-state index contributed by atoms with van der Waals surface area (Å²) in [4.78, 5) is 0. The zero-order valence-corrected chi connectivity index (χ0v) is 10.3. The number of nitrogens with zero attached hydrogens (tertiary/aromatic N) is 1. The minimum absolute atomic E-state index is 0.0157. The molecule has 6 nitrogen and oxygen atoms in total. The summed E-state index contributed by atoms with van der Waals surface area (Å²) in [6.07, 6.45) is 1.92. The van der Waals surface area contributed by atoms with Gasteiger partial charge in [-0.25, -0.2) is 0 Å². The molecule has 0 saturated carbocycles. The highest BCUT2D eigenvalue weighted by Crippen LogP contribution is 2.14. The number of hydrogen-bond donors (Lipinski definition) is 3. The van der Waals surface area contributed by atoms with Crippen molar-refractivity contribution in [3.05, 3.63) is 42.1 Å². The third kappa shape index (κ3) is 2.88. The van der Waals surface area contributed by atoms with Crippen molar-refractivity contribution in [2.45, 2.75) is 11.4 Å². The lowest BCUT2D eigenvalue weighted by molar-refractivity contribution is 0.299. The van der Waals surface area contributed by atoms with Crippen LogP contribution in [-0.2, 0) is 16.4 Å². The number of nitrogens with one attached hydrogen (secondary N) is 2. The van der Waals surface area contributed by atoms with Crippen LogP contribution in [0, 0.1) is 0 Å². The maximum Gasteiger partial charge on any atom is 0.278 e. The highest BCUT2D eigenvalue weighted by Gasteiger charge is 2.15. The molecule has 0 atom stereocenters. The molecule has 7 heteroatoms. The van der Waals surface area contributed by atoms with Crippen molar-refractivity contribution >= 4 is 15.7 Å². The molecule has 18 heavy (non-hydrogen) atoms. The molecule has 0 fully saturated rings. The molecular weight excluding hydrogens is 254 g/mol. The van der Waals surface area contributed by atoms with Crippen LogP contribution in [0.5, 0.6) is 0 Å². The molecule has 3 N–H and O–H groups in total. The number of hydrogen-bond acceptors (Lipinski definition) is 4. The van der Waals surface area contributed by atoms with Gasteiger partial charge < -0.3 is 5.11 Å². The number of aromatic amines is 1. The van der Waals surface area contributed by atoms with Crippen LogP contribution in [-0.4, -0.2) is 30.3 Å². The van der Waals surface area contributed by atoms with Gasteiger partial charge in [-0.1, -0.05) is 12.1 Å². The number of aliphatic hydroxyl groups is 1. The first kappa shape index (κ1) is 12.6. The Bertz CT molecular complexity index is 591. The van der Waals surface area contributed by atoms with E-state index in [9.17, 15) is 8.42 Å². The lowest BCUT2D eigenvalue weighted by Gasteiger charge is -2.06. The normalized spacial score (nSPS) is 11.4. The van der Waals surface area contributed by atoms with Gasteiger partial charge in [0.15, 0.2) is 5.03 Å². The zero-order chi connectivity index (χ0) is 13.0. The van der Waals surface area contributed by atoms with Crippen LogP contribution in [0.4, 0.5) is 5.69 Å². The fraction of sp³-hybridized carbons (Fsp3) is 0.182. The number of H-pyrrole nitrogens is 1. The lowest BCUT2D eigenvalue weighted by Crippen LogP contribution is -2.13. The SMILES string of the molecule is O=S(=O)(Nc1ccc(CCO)cc1)c1ccn[nH]1. The molecule has 96 valence electrons. The quantitative estimate of drug-likeness (QED) is 0.744. The average Bonchev–Trinajstić information content (AvgIpc) is 2.86. The Morgan fingerprint density at radius 1 is 1.22 bits per heavy atom. The maximum atomic E-state index is 11.9. The van der Waals surface area contributed by atoms with Gasteiger partial charge in [0.1, 0.15) is 0 Å². The number of sulfonamides is 1. The molecule has 0 aliphatic carbocycles. The summed E-state index contributed by atoms with van der Waals surface area (Å²) in [5.41, 5.74) is 1.41. The monoisotopic (exact) mass is 267 g/mol. The summed E-state index contributed by atoms with van der Waals surface area (Å²) in [6, 6.07) is 8.21. The second-order valence-electron chi connectivity index (χ2n) is 3.70. The number of aliphatic hydroxyl groups excluding tert-OH is 1. The second kappa shape index (κ2) is 5.19. The third-order valence-electron chi connectivity index (χ3n) is 2.37. The molecule has 0 amide bonds. The van der Waals surface area contributed by atoms with Gasteiger partial charge in [-0.3, -0.25) is 9.82 Å². The van der Waals surface area contributed by atoms with E-state index in [0.717, 1.165) is 5.56 Å². The topological polar surface area (TPSA) is 95.1 Å². The molecule has 0 aliphatic rings. The fourth-order valence-corrected chi connectivity index (χ4v) is 2.44. The van der Waals surface area contributed by atoms with Gasteiger partial charge in [0.2, 0.25) is 0 Å². The predicted molar refractivity (Wildman–Crippen MR) is 66.6 cm³/mol. The first-order chi connectivity index (χ1) is 8.62. The van der Waals surface area contributed by atoms with Crippen molar-refractivity contribution in [2.24, 2.45) is 0 Å². The van der Waals surface area contributed by atoms with Crippen LogP contribution in [0.25, 0.3) is 0 Å². The van der Waals surface area contributed by atoms with E-state index in [1.807, 2.05) is 0 Å². The van der Waals surface area contributed by atoms with Crippen molar-refractivity contribution in [3.8, 4) is 0 Å². The summed E-state index contributed by atoms with van der Waals surface area (Å²) in [6.45, 7) is 0.0687. The van der Waals surface area contributed by atoms with E-state index in [-0.39, 0.29) is 11.6 Å². The van der Waals surface area contributed by atoms with E-state index < -0.39 is 10.0 Å². The molecule has 0 unspecified atom stereocenters. The van der Waals surface area contributed by atoms with Crippen LogP contribution < -0.4 is 4.72 Å². The van der Waals surface area contributed by atoms with Crippen LogP contribution in [0.1, 0.15) is 5.56 Å². The number of anilines is 1. The van der Waals surface area contributed by atoms with Crippen LogP contribution in [0.3, 0.4) is 0 Å². The van der Waals surface area contributed by atoms with Gasteiger partial charge in [0.05, 0.1) is 6.20 Å². The van der Waals surface area contributed by atoms with Gasteiger partial charge in [-0.15, -0.1) is 0 Å². The second-order valence-corrected chi connectivity index (χ2v) is 5.35. The molecule has 0 saturated heterocycles. The Morgan fingerprint density at radius 3 is 2.50 bits per heavy atom. The van der Waals surface area contributed by atoms with Crippen molar-refractivity contribution in [2.75, 3.05) is 11.3 Å². The summed E-state index contributed by atoms with van der Waals surface area (Å²) in [7, 11) is -3.61. The first-order valence-electron chi connectivity index (χ1n) is 5.34. The van der Waals surface area contributed by atoms with Crippen LogP contribution in [0.15, 0.2) is 41.6 Å². The van der Waals surface area contributed by atoms with Crippen molar-refractivity contribution in [1.29, 1.82) is 0 Å². The number of aromatic nitrogens is 2. The summed E-state index contributed by atoms with van der Waals surface area (Å²) >= 11 is 0. The largest absolute Gasteiger partial charge is 0.396 e. The number of benzene rings is 1. The van der Waals surface area contributed by atoms with Gasteiger partial charge in [-0.05, 0) is 30.2 Å². The molecule has 1 aromatic heterocycles. The van der Waals surface area contributed by atoms with Crippen molar-refractivity contribution in [3.63, 3.8) is 0 Å². The molecule has 0 aliphatic heterocycles. The summed E-state index contributed by atoms with van der Waals surface area (Å²) in [5, 5.41) is 14.8.